The average molecular weight is 426 g/mol. The molecule has 31 heavy (non-hydrogen) atoms. The molecule has 2 heterocycles. The minimum absolute atomic E-state index is 0.265. The highest BCUT2D eigenvalue weighted by Crippen LogP contribution is 2.22. The van der Waals surface area contributed by atoms with Crippen molar-refractivity contribution in [3.63, 3.8) is 0 Å². The maximum absolute atomic E-state index is 10.3. The van der Waals surface area contributed by atoms with E-state index >= 15 is 0 Å². The van der Waals surface area contributed by atoms with Crippen molar-refractivity contribution >= 4 is 0 Å². The molecule has 1 unspecified atom stereocenters. The zero-order valence-corrected chi connectivity index (χ0v) is 18.5. The van der Waals surface area contributed by atoms with Crippen molar-refractivity contribution in [1.82, 2.24) is 9.80 Å². The summed E-state index contributed by atoms with van der Waals surface area (Å²) in [4.78, 5) is 4.65. The second kappa shape index (κ2) is 10.5. The van der Waals surface area contributed by atoms with Gasteiger partial charge in [0.15, 0.2) is 0 Å². The SMILES string of the molecule is Cc1cccc(OC2CN(Cc3ccc(OCC(O)CN4CCC(N)CC4)cc3)C2)c1. The fourth-order valence-corrected chi connectivity index (χ4v) is 4.24. The average Bonchev–Trinajstić information content (AvgIpc) is 2.73. The monoisotopic (exact) mass is 425 g/mol. The van der Waals surface area contributed by atoms with Crippen LogP contribution >= 0.6 is 0 Å². The van der Waals surface area contributed by atoms with Gasteiger partial charge in [-0.3, -0.25) is 4.90 Å². The molecule has 2 aromatic carbocycles. The van der Waals surface area contributed by atoms with Crippen LogP contribution in [-0.2, 0) is 6.54 Å². The van der Waals surface area contributed by atoms with E-state index in [4.69, 9.17) is 15.2 Å². The number of hydrogen-bond acceptors (Lipinski definition) is 6. The first-order chi connectivity index (χ1) is 15.0. The molecule has 6 nitrogen and oxygen atoms in total. The van der Waals surface area contributed by atoms with Gasteiger partial charge in [-0.15, -0.1) is 0 Å². The van der Waals surface area contributed by atoms with Crippen LogP contribution in [0.5, 0.6) is 11.5 Å². The number of piperidine rings is 1. The second-order valence-electron chi connectivity index (χ2n) is 9.00. The Bertz CT molecular complexity index is 815. The second-order valence-corrected chi connectivity index (χ2v) is 9.00. The van der Waals surface area contributed by atoms with E-state index in [0.717, 1.165) is 57.1 Å². The van der Waals surface area contributed by atoms with Crippen molar-refractivity contribution in [1.29, 1.82) is 0 Å². The van der Waals surface area contributed by atoms with Crippen molar-refractivity contribution in [2.24, 2.45) is 5.73 Å². The Kier molecular flexibility index (Phi) is 7.45. The molecule has 0 aliphatic carbocycles. The third-order valence-electron chi connectivity index (χ3n) is 6.09. The van der Waals surface area contributed by atoms with E-state index in [2.05, 4.69) is 41.0 Å². The highest BCUT2D eigenvalue weighted by atomic mass is 16.5. The van der Waals surface area contributed by atoms with Crippen molar-refractivity contribution in [2.75, 3.05) is 39.3 Å². The molecule has 168 valence electrons. The maximum Gasteiger partial charge on any atom is 0.124 e. The lowest BCUT2D eigenvalue weighted by Crippen LogP contribution is -2.53. The Morgan fingerprint density at radius 3 is 2.48 bits per heavy atom. The van der Waals surface area contributed by atoms with Crippen molar-refractivity contribution in [3.05, 3.63) is 59.7 Å². The van der Waals surface area contributed by atoms with Gasteiger partial charge in [0.2, 0.25) is 0 Å². The number of nitrogens with zero attached hydrogens (tertiary/aromatic N) is 2. The van der Waals surface area contributed by atoms with Gasteiger partial charge in [-0.2, -0.15) is 0 Å². The van der Waals surface area contributed by atoms with Crippen LogP contribution in [-0.4, -0.2) is 72.5 Å². The van der Waals surface area contributed by atoms with E-state index in [1.165, 1.54) is 11.1 Å². The summed E-state index contributed by atoms with van der Waals surface area (Å²) in [5, 5.41) is 10.3. The number of ether oxygens (including phenoxy) is 2. The van der Waals surface area contributed by atoms with Gasteiger partial charge in [0, 0.05) is 32.2 Å². The molecule has 0 spiro atoms. The maximum atomic E-state index is 10.3. The van der Waals surface area contributed by atoms with Crippen LogP contribution < -0.4 is 15.2 Å². The van der Waals surface area contributed by atoms with Gasteiger partial charge in [0.25, 0.3) is 0 Å². The number of nitrogens with two attached hydrogens (primary N) is 1. The number of likely N-dealkylation sites (tertiary alicyclic amines) is 2. The quantitative estimate of drug-likeness (QED) is 0.643. The van der Waals surface area contributed by atoms with Gasteiger partial charge < -0.3 is 25.2 Å². The molecule has 2 fully saturated rings. The van der Waals surface area contributed by atoms with Gasteiger partial charge in [-0.25, -0.2) is 0 Å². The predicted molar refractivity (Wildman–Crippen MR) is 122 cm³/mol. The fourth-order valence-electron chi connectivity index (χ4n) is 4.24. The molecular weight excluding hydrogens is 390 g/mol. The van der Waals surface area contributed by atoms with E-state index in [9.17, 15) is 5.11 Å². The molecule has 4 rings (SSSR count). The Morgan fingerprint density at radius 1 is 1.03 bits per heavy atom. The topological polar surface area (TPSA) is 71.2 Å². The van der Waals surface area contributed by atoms with Crippen LogP contribution in [0.15, 0.2) is 48.5 Å². The number of benzene rings is 2. The molecular formula is C25H35N3O3. The van der Waals surface area contributed by atoms with Gasteiger partial charge in [-0.1, -0.05) is 24.3 Å². The third-order valence-corrected chi connectivity index (χ3v) is 6.09. The summed E-state index contributed by atoms with van der Waals surface area (Å²) < 4.78 is 11.8. The fraction of sp³-hybridized carbons (Fsp3) is 0.520. The lowest BCUT2D eigenvalue weighted by atomic mass is 10.1. The van der Waals surface area contributed by atoms with Crippen LogP contribution in [0, 0.1) is 6.92 Å². The predicted octanol–water partition coefficient (Wildman–Crippen LogP) is 2.42. The normalized spacial score (nSPS) is 19.7. The molecule has 6 heteroatoms. The van der Waals surface area contributed by atoms with Crippen molar-refractivity contribution < 1.29 is 14.6 Å². The van der Waals surface area contributed by atoms with E-state index in [0.29, 0.717) is 19.2 Å². The molecule has 2 aliphatic heterocycles. The molecule has 3 N–H and O–H groups in total. The van der Waals surface area contributed by atoms with Crippen LogP contribution in [0.1, 0.15) is 24.0 Å². The van der Waals surface area contributed by atoms with Gasteiger partial charge in [0.05, 0.1) is 0 Å². The van der Waals surface area contributed by atoms with Crippen molar-refractivity contribution in [3.8, 4) is 11.5 Å². The highest BCUT2D eigenvalue weighted by Gasteiger charge is 2.28. The third kappa shape index (κ3) is 6.68. The molecule has 0 aromatic heterocycles. The Hall–Kier alpha value is -2.12. The lowest BCUT2D eigenvalue weighted by molar-refractivity contribution is 0.0145. The first kappa shape index (κ1) is 22.1. The minimum atomic E-state index is -0.486. The highest BCUT2D eigenvalue weighted by molar-refractivity contribution is 5.29. The first-order valence-electron chi connectivity index (χ1n) is 11.4. The zero-order chi connectivity index (χ0) is 21.6. The standard InChI is InChI=1S/C25H35N3O3/c1-19-3-2-4-24(13-19)31-25-16-28(17-25)14-20-5-7-23(8-6-20)30-18-22(29)15-27-11-9-21(26)10-12-27/h2-8,13,21-22,25,29H,9-12,14-18,26H2,1H3. The van der Waals surface area contributed by atoms with Gasteiger partial charge in [0.1, 0.15) is 30.3 Å². The van der Waals surface area contributed by atoms with E-state index in [1.807, 2.05) is 24.3 Å². The van der Waals surface area contributed by atoms with Gasteiger partial charge >= 0.3 is 0 Å². The van der Waals surface area contributed by atoms with Gasteiger partial charge in [-0.05, 0) is 68.2 Å². The van der Waals surface area contributed by atoms with Crippen LogP contribution in [0.2, 0.25) is 0 Å². The van der Waals surface area contributed by atoms with E-state index in [-0.39, 0.29) is 6.10 Å². The number of hydrogen-bond donors (Lipinski definition) is 2. The molecule has 0 saturated carbocycles. The number of aliphatic hydroxyl groups is 1. The summed E-state index contributed by atoms with van der Waals surface area (Å²) in [6.45, 7) is 7.75. The summed E-state index contributed by atoms with van der Waals surface area (Å²) in [6.07, 6.45) is 1.79. The Balaban J connectivity index is 1.14. The lowest BCUT2D eigenvalue weighted by Gasteiger charge is -2.39. The smallest absolute Gasteiger partial charge is 0.124 e. The molecule has 2 aromatic rings. The molecule has 0 radical (unpaired) electrons. The first-order valence-corrected chi connectivity index (χ1v) is 11.4. The van der Waals surface area contributed by atoms with E-state index in [1.54, 1.807) is 0 Å². The summed E-state index contributed by atoms with van der Waals surface area (Å²) >= 11 is 0. The summed E-state index contributed by atoms with van der Waals surface area (Å²) in [5.74, 6) is 1.75. The molecule has 0 bridgehead atoms. The molecule has 2 aliphatic rings. The number of aliphatic hydroxyl groups excluding tert-OH is 1. The molecule has 2 saturated heterocycles. The largest absolute Gasteiger partial charge is 0.491 e. The molecule has 1 atom stereocenters. The summed E-state index contributed by atoms with van der Waals surface area (Å²) in [6, 6.07) is 16.7. The minimum Gasteiger partial charge on any atom is -0.491 e. The Labute approximate surface area is 185 Å². The molecule has 0 amide bonds. The number of aryl methyl sites for hydroxylation is 1. The summed E-state index contributed by atoms with van der Waals surface area (Å²) in [5.41, 5.74) is 8.42. The van der Waals surface area contributed by atoms with Crippen LogP contribution in [0.4, 0.5) is 0 Å². The zero-order valence-electron chi connectivity index (χ0n) is 18.5. The number of rotatable bonds is 9. The van der Waals surface area contributed by atoms with E-state index < -0.39 is 6.10 Å². The number of β-amino-alcohol motifs (C(OH)–C–C–N with tert-alkyl or cyclic N) is 1. The van der Waals surface area contributed by atoms with Crippen molar-refractivity contribution in [2.45, 2.75) is 44.6 Å². The summed E-state index contributed by atoms with van der Waals surface area (Å²) in [7, 11) is 0. The van der Waals surface area contributed by atoms with Crippen LogP contribution in [0.3, 0.4) is 0 Å². The van der Waals surface area contributed by atoms with Crippen LogP contribution in [0.25, 0.3) is 0 Å². The Morgan fingerprint density at radius 2 is 1.77 bits per heavy atom.